The highest BCUT2D eigenvalue weighted by molar-refractivity contribution is 9.10. The number of nitrogens with two attached hydrogens (primary N) is 1. The van der Waals surface area contributed by atoms with E-state index < -0.39 is 10.0 Å². The zero-order valence-corrected chi connectivity index (χ0v) is 15.2. The number of pyridine rings is 1. The number of sulfonamides is 1. The second kappa shape index (κ2) is 6.39. The second-order valence-electron chi connectivity index (χ2n) is 4.00. The number of rotatable bonds is 4. The quantitative estimate of drug-likeness (QED) is 0.699. The van der Waals surface area contributed by atoms with Crippen LogP contribution >= 0.6 is 44.1 Å². The van der Waals surface area contributed by atoms with Crippen LogP contribution in [0.15, 0.2) is 50.5 Å². The third-order valence-electron chi connectivity index (χ3n) is 2.48. The van der Waals surface area contributed by atoms with Crippen LogP contribution in [0.5, 0.6) is 0 Å². The van der Waals surface area contributed by atoms with E-state index in [1.165, 1.54) is 18.5 Å². The zero-order chi connectivity index (χ0) is 15.6. The van der Waals surface area contributed by atoms with Gasteiger partial charge in [-0.25, -0.2) is 8.42 Å². The summed E-state index contributed by atoms with van der Waals surface area (Å²) in [5.74, 6) is 0. The maximum absolute atomic E-state index is 12.4. The van der Waals surface area contributed by atoms with E-state index in [9.17, 15) is 8.42 Å². The fourth-order valence-electron chi connectivity index (χ4n) is 1.56. The molecule has 0 aliphatic rings. The maximum Gasteiger partial charge on any atom is 0.263 e. The number of benzene rings is 1. The van der Waals surface area contributed by atoms with Gasteiger partial charge in [0.25, 0.3) is 10.0 Å². The van der Waals surface area contributed by atoms with Gasteiger partial charge in [0.2, 0.25) is 0 Å². The molecular weight excluding hydrogens is 442 g/mol. The first-order valence-corrected chi connectivity index (χ1v) is 9.00. The molecule has 0 fully saturated rings. The molecule has 21 heavy (non-hydrogen) atoms. The van der Waals surface area contributed by atoms with Crippen molar-refractivity contribution in [2.45, 2.75) is 4.90 Å². The average Bonchev–Trinajstić information content (AvgIpc) is 2.38. The Balaban J connectivity index is 2.46. The molecule has 110 valence electrons. The molecule has 1 aromatic carbocycles. The molecule has 2 aromatic rings. The predicted octanol–water partition coefficient (Wildman–Crippen LogP) is 3.04. The Bertz CT molecular complexity index is 810. The van der Waals surface area contributed by atoms with Crippen LogP contribution in [0.2, 0.25) is 0 Å². The summed E-state index contributed by atoms with van der Waals surface area (Å²) in [6.07, 6.45) is 2.75. The lowest BCUT2D eigenvalue weighted by Gasteiger charge is -2.12. The molecule has 0 radical (unpaired) electrons. The molecule has 0 aliphatic heterocycles. The zero-order valence-electron chi connectivity index (χ0n) is 10.4. The largest absolute Gasteiger partial charge is 0.389 e. The van der Waals surface area contributed by atoms with Crippen molar-refractivity contribution in [2.24, 2.45) is 5.73 Å². The number of aromatic nitrogens is 1. The minimum Gasteiger partial charge on any atom is -0.389 e. The maximum atomic E-state index is 12.4. The summed E-state index contributed by atoms with van der Waals surface area (Å²) in [7, 11) is -3.79. The normalized spacial score (nSPS) is 11.1. The Morgan fingerprint density at radius 1 is 1.19 bits per heavy atom. The Morgan fingerprint density at radius 2 is 1.90 bits per heavy atom. The first-order valence-electron chi connectivity index (χ1n) is 5.52. The lowest BCUT2D eigenvalue weighted by Crippen LogP contribution is -2.18. The van der Waals surface area contributed by atoms with Crippen molar-refractivity contribution >= 4 is 64.8 Å². The summed E-state index contributed by atoms with van der Waals surface area (Å²) in [5.41, 5.74) is 6.35. The second-order valence-corrected chi connectivity index (χ2v) is 7.95. The number of nitrogens with one attached hydrogen (secondary N) is 1. The molecule has 2 rings (SSSR count). The van der Waals surface area contributed by atoms with Crippen LogP contribution in [0, 0.1) is 0 Å². The van der Waals surface area contributed by atoms with Crippen LogP contribution in [0.3, 0.4) is 0 Å². The van der Waals surface area contributed by atoms with Crippen molar-refractivity contribution in [3.05, 3.63) is 51.2 Å². The van der Waals surface area contributed by atoms with E-state index in [2.05, 4.69) is 41.6 Å². The monoisotopic (exact) mass is 449 g/mol. The van der Waals surface area contributed by atoms with Crippen molar-refractivity contribution in [3.8, 4) is 0 Å². The minimum absolute atomic E-state index is 0.0331. The Hall–Kier alpha value is -1.03. The molecule has 0 amide bonds. The number of anilines is 1. The first kappa shape index (κ1) is 16.3. The van der Waals surface area contributed by atoms with Crippen LogP contribution < -0.4 is 10.5 Å². The molecule has 0 aliphatic carbocycles. The van der Waals surface area contributed by atoms with Gasteiger partial charge in [0.15, 0.2) is 0 Å². The molecule has 3 N–H and O–H groups in total. The molecule has 0 saturated heterocycles. The fourth-order valence-corrected chi connectivity index (χ4v) is 3.67. The summed E-state index contributed by atoms with van der Waals surface area (Å²) in [5, 5.41) is 0. The van der Waals surface area contributed by atoms with Crippen molar-refractivity contribution in [1.82, 2.24) is 4.98 Å². The van der Waals surface area contributed by atoms with Crippen molar-refractivity contribution in [2.75, 3.05) is 4.72 Å². The SMILES string of the molecule is NC(=S)c1ccc(Br)cc1NS(=O)(=O)c1cncc(Br)c1. The molecule has 1 aromatic heterocycles. The molecule has 0 spiro atoms. The van der Waals surface area contributed by atoms with Crippen LogP contribution in [-0.4, -0.2) is 18.4 Å². The van der Waals surface area contributed by atoms with Gasteiger partial charge >= 0.3 is 0 Å². The predicted molar refractivity (Wildman–Crippen MR) is 92.8 cm³/mol. The number of thiocarbonyl (C=S) groups is 1. The summed E-state index contributed by atoms with van der Waals surface area (Å²) in [6, 6.07) is 6.42. The van der Waals surface area contributed by atoms with Gasteiger partial charge < -0.3 is 5.73 Å². The third-order valence-corrected chi connectivity index (χ3v) is 4.96. The Labute approximate surface area is 144 Å². The molecule has 5 nitrogen and oxygen atoms in total. The van der Waals surface area contributed by atoms with Gasteiger partial charge in [0.1, 0.15) is 9.88 Å². The number of halogens is 2. The van der Waals surface area contributed by atoms with Crippen LogP contribution in [0.25, 0.3) is 0 Å². The van der Waals surface area contributed by atoms with Crippen molar-refractivity contribution in [3.63, 3.8) is 0 Å². The minimum atomic E-state index is -3.79. The lowest BCUT2D eigenvalue weighted by atomic mass is 10.2. The van der Waals surface area contributed by atoms with E-state index >= 15 is 0 Å². The molecule has 0 bridgehead atoms. The fraction of sp³-hybridized carbons (Fsp3) is 0. The van der Waals surface area contributed by atoms with E-state index in [1.54, 1.807) is 18.2 Å². The molecule has 9 heteroatoms. The van der Waals surface area contributed by atoms with E-state index in [0.717, 1.165) is 0 Å². The van der Waals surface area contributed by atoms with Gasteiger partial charge in [0, 0.05) is 26.9 Å². The average molecular weight is 451 g/mol. The highest BCUT2D eigenvalue weighted by atomic mass is 79.9. The molecule has 0 atom stereocenters. The van der Waals surface area contributed by atoms with E-state index in [0.29, 0.717) is 20.2 Å². The molecule has 0 unspecified atom stereocenters. The van der Waals surface area contributed by atoms with Gasteiger partial charge in [-0.05, 0) is 40.2 Å². The molecule has 0 saturated carbocycles. The highest BCUT2D eigenvalue weighted by Gasteiger charge is 2.18. The van der Waals surface area contributed by atoms with Gasteiger partial charge in [0.05, 0.1) is 5.69 Å². The molecule has 1 heterocycles. The standard InChI is InChI=1S/C12H9Br2N3O2S2/c13-7-1-2-10(12(15)20)11(4-7)17-21(18,19)9-3-8(14)5-16-6-9/h1-6,17H,(H2,15,20). The van der Waals surface area contributed by atoms with Gasteiger partial charge in [-0.2, -0.15) is 0 Å². The topological polar surface area (TPSA) is 85.1 Å². The summed E-state index contributed by atoms with van der Waals surface area (Å²) < 4.78 is 28.5. The van der Waals surface area contributed by atoms with Crippen LogP contribution in [-0.2, 0) is 10.0 Å². The Kier molecular flexibility index (Phi) is 4.97. The summed E-state index contributed by atoms with van der Waals surface area (Å²) >= 11 is 11.4. The first-order chi connectivity index (χ1) is 9.79. The summed E-state index contributed by atoms with van der Waals surface area (Å²) in [4.78, 5) is 3.98. The smallest absolute Gasteiger partial charge is 0.263 e. The number of hydrogen-bond donors (Lipinski definition) is 2. The highest BCUT2D eigenvalue weighted by Crippen LogP contribution is 2.25. The van der Waals surface area contributed by atoms with E-state index in [1.807, 2.05) is 0 Å². The van der Waals surface area contributed by atoms with Gasteiger partial charge in [-0.3, -0.25) is 9.71 Å². The Morgan fingerprint density at radius 3 is 2.52 bits per heavy atom. The van der Waals surface area contributed by atoms with Crippen LogP contribution in [0.4, 0.5) is 5.69 Å². The lowest BCUT2D eigenvalue weighted by molar-refractivity contribution is 0.600. The van der Waals surface area contributed by atoms with Gasteiger partial charge in [-0.1, -0.05) is 28.1 Å². The van der Waals surface area contributed by atoms with Crippen molar-refractivity contribution in [1.29, 1.82) is 0 Å². The van der Waals surface area contributed by atoms with E-state index in [4.69, 9.17) is 18.0 Å². The molecular formula is C12H9Br2N3O2S2. The third kappa shape index (κ3) is 4.00. The number of nitrogens with zero attached hydrogens (tertiary/aromatic N) is 1. The summed E-state index contributed by atoms with van der Waals surface area (Å²) in [6.45, 7) is 0. The van der Waals surface area contributed by atoms with Gasteiger partial charge in [-0.15, -0.1) is 0 Å². The van der Waals surface area contributed by atoms with Crippen LogP contribution in [0.1, 0.15) is 5.56 Å². The number of hydrogen-bond acceptors (Lipinski definition) is 4. The van der Waals surface area contributed by atoms with E-state index in [-0.39, 0.29) is 9.88 Å². The van der Waals surface area contributed by atoms with Crippen molar-refractivity contribution < 1.29 is 8.42 Å².